The molecule has 0 aliphatic heterocycles. The third kappa shape index (κ3) is 4.37. The van der Waals surface area contributed by atoms with Gasteiger partial charge in [-0.1, -0.05) is 5.16 Å². The lowest BCUT2D eigenvalue weighted by atomic mass is 10.2. The minimum Gasteiger partial charge on any atom is -0.489 e. The number of amides is 1. The summed E-state index contributed by atoms with van der Waals surface area (Å²) in [7, 11) is 0. The molecule has 9 heteroatoms. The number of ether oxygens (including phenoxy) is 2. The van der Waals surface area contributed by atoms with Crippen LogP contribution >= 0.6 is 0 Å². The van der Waals surface area contributed by atoms with Gasteiger partial charge in [-0.25, -0.2) is 4.79 Å². The fourth-order valence-electron chi connectivity index (χ4n) is 2.37. The van der Waals surface area contributed by atoms with Crippen LogP contribution in [0.15, 0.2) is 39.5 Å². The third-order valence-electron chi connectivity index (χ3n) is 3.89. The normalized spacial score (nSPS) is 10.5. The summed E-state index contributed by atoms with van der Waals surface area (Å²) >= 11 is 0. The number of nitrogens with one attached hydrogen (secondary N) is 1. The van der Waals surface area contributed by atoms with Gasteiger partial charge in [-0.15, -0.1) is 0 Å². The molecule has 3 rings (SSSR count). The smallest absolute Gasteiger partial charge is 0.360 e. The van der Waals surface area contributed by atoms with Gasteiger partial charge < -0.3 is 18.4 Å². The van der Waals surface area contributed by atoms with Crippen LogP contribution in [0.3, 0.4) is 0 Å². The number of aryl methyl sites for hydroxylation is 2. The molecule has 1 amide bonds. The third-order valence-corrected chi connectivity index (χ3v) is 3.89. The van der Waals surface area contributed by atoms with E-state index in [2.05, 4.69) is 15.5 Å². The second-order valence-corrected chi connectivity index (χ2v) is 5.83. The highest BCUT2D eigenvalue weighted by molar-refractivity contribution is 6.03. The van der Waals surface area contributed by atoms with Crippen molar-refractivity contribution in [2.45, 2.75) is 27.4 Å². The maximum Gasteiger partial charge on any atom is 0.360 e. The highest BCUT2D eigenvalue weighted by Crippen LogP contribution is 2.18. The molecule has 0 aliphatic carbocycles. The lowest BCUT2D eigenvalue weighted by Crippen LogP contribution is -2.12. The first-order chi connectivity index (χ1) is 13.5. The molecule has 2 aromatic heterocycles. The molecule has 2 heterocycles. The summed E-state index contributed by atoms with van der Waals surface area (Å²) in [5.41, 5.74) is 2.03. The van der Waals surface area contributed by atoms with Crippen LogP contribution in [0.25, 0.3) is 0 Å². The van der Waals surface area contributed by atoms with Gasteiger partial charge in [0.05, 0.1) is 17.9 Å². The van der Waals surface area contributed by atoms with Gasteiger partial charge in [-0.3, -0.25) is 10.1 Å². The molecular weight excluding hydrogens is 366 g/mol. The summed E-state index contributed by atoms with van der Waals surface area (Å²) in [5.74, 6) is 0.250. The summed E-state index contributed by atoms with van der Waals surface area (Å²) in [5, 5.41) is 6.36. The molecular formula is C19H19N3O6. The van der Waals surface area contributed by atoms with Gasteiger partial charge in [0.25, 0.3) is 5.91 Å². The molecule has 0 saturated heterocycles. The van der Waals surface area contributed by atoms with Crippen molar-refractivity contribution >= 4 is 17.9 Å². The lowest BCUT2D eigenvalue weighted by Gasteiger charge is -2.07. The number of hydrogen-bond acceptors (Lipinski definition) is 8. The second kappa shape index (κ2) is 8.38. The molecule has 0 bridgehead atoms. The zero-order chi connectivity index (χ0) is 20.1. The Labute approximate surface area is 160 Å². The topological polar surface area (TPSA) is 117 Å². The molecule has 146 valence electrons. The van der Waals surface area contributed by atoms with E-state index in [9.17, 15) is 9.59 Å². The Hall–Kier alpha value is -3.62. The number of oxazole rings is 1. The van der Waals surface area contributed by atoms with E-state index in [1.165, 1.54) is 0 Å². The number of carbonyl (C=O) groups is 2. The van der Waals surface area contributed by atoms with Crippen molar-refractivity contribution in [3.8, 4) is 5.75 Å². The zero-order valence-corrected chi connectivity index (χ0v) is 15.6. The highest BCUT2D eigenvalue weighted by atomic mass is 16.5. The van der Waals surface area contributed by atoms with Crippen LogP contribution in [0.2, 0.25) is 0 Å². The van der Waals surface area contributed by atoms with E-state index in [1.54, 1.807) is 31.2 Å². The molecule has 0 unspecified atom stereocenters. The van der Waals surface area contributed by atoms with Gasteiger partial charge in [0.2, 0.25) is 0 Å². The van der Waals surface area contributed by atoms with Crippen LogP contribution in [0.1, 0.15) is 44.8 Å². The largest absolute Gasteiger partial charge is 0.489 e. The summed E-state index contributed by atoms with van der Waals surface area (Å²) in [4.78, 5) is 27.7. The summed E-state index contributed by atoms with van der Waals surface area (Å²) in [6.45, 7) is 5.89. The van der Waals surface area contributed by atoms with Gasteiger partial charge >= 0.3 is 12.0 Å². The van der Waals surface area contributed by atoms with E-state index >= 15 is 0 Å². The number of carbonyl (C=O) groups excluding carboxylic acids is 2. The predicted octanol–water partition coefficient (Wildman–Crippen LogP) is 3.29. The van der Waals surface area contributed by atoms with Crippen LogP contribution in [0.5, 0.6) is 5.75 Å². The second-order valence-electron chi connectivity index (χ2n) is 5.83. The molecule has 1 N–H and O–H groups in total. The maximum absolute atomic E-state index is 12.3. The van der Waals surface area contributed by atoms with E-state index in [1.807, 2.05) is 13.8 Å². The molecule has 0 spiro atoms. The maximum atomic E-state index is 12.3. The van der Waals surface area contributed by atoms with E-state index < -0.39 is 11.9 Å². The fraction of sp³-hybridized carbons (Fsp3) is 0.263. The van der Waals surface area contributed by atoms with Crippen molar-refractivity contribution in [3.63, 3.8) is 0 Å². The fourth-order valence-corrected chi connectivity index (χ4v) is 2.37. The predicted molar refractivity (Wildman–Crippen MR) is 97.2 cm³/mol. The quantitative estimate of drug-likeness (QED) is 0.616. The van der Waals surface area contributed by atoms with Gasteiger partial charge in [-0.05, 0) is 45.0 Å². The number of aromatic nitrogens is 2. The van der Waals surface area contributed by atoms with Crippen molar-refractivity contribution in [1.29, 1.82) is 0 Å². The van der Waals surface area contributed by atoms with Gasteiger partial charge in [-0.2, -0.15) is 4.98 Å². The first-order valence-electron chi connectivity index (χ1n) is 8.56. The van der Waals surface area contributed by atoms with Crippen LogP contribution in [-0.4, -0.2) is 28.6 Å². The van der Waals surface area contributed by atoms with Crippen LogP contribution < -0.4 is 10.1 Å². The average molecular weight is 385 g/mol. The number of esters is 1. The molecule has 0 saturated carbocycles. The molecule has 3 aromatic rings. The molecule has 1 aromatic carbocycles. The van der Waals surface area contributed by atoms with E-state index in [0.717, 1.165) is 17.5 Å². The van der Waals surface area contributed by atoms with Crippen molar-refractivity contribution in [3.05, 3.63) is 58.8 Å². The van der Waals surface area contributed by atoms with E-state index in [4.69, 9.17) is 18.4 Å². The molecule has 9 nitrogen and oxygen atoms in total. The Morgan fingerprint density at radius 2 is 1.93 bits per heavy atom. The van der Waals surface area contributed by atoms with Crippen molar-refractivity contribution in [1.82, 2.24) is 10.1 Å². The Morgan fingerprint density at radius 1 is 1.18 bits per heavy atom. The van der Waals surface area contributed by atoms with Gasteiger partial charge in [0, 0.05) is 5.56 Å². The van der Waals surface area contributed by atoms with E-state index in [-0.39, 0.29) is 18.3 Å². The molecule has 28 heavy (non-hydrogen) atoms. The standard InChI is InChI=1S/C19H19N3O6/c1-4-25-18(24)16-10-27-19(20-16)21-17(23)13-5-7-14(8-6-13)26-9-15-11(2)22-28-12(15)3/h5-8,10H,4,9H2,1-3H3,(H,20,21,23). The van der Waals surface area contributed by atoms with Crippen LogP contribution in [-0.2, 0) is 11.3 Å². The van der Waals surface area contributed by atoms with Crippen molar-refractivity contribution in [2.24, 2.45) is 0 Å². The van der Waals surface area contributed by atoms with Crippen LogP contribution in [0, 0.1) is 13.8 Å². The number of nitrogens with zero attached hydrogens (tertiary/aromatic N) is 2. The Bertz CT molecular complexity index is 954. The van der Waals surface area contributed by atoms with Crippen molar-refractivity contribution in [2.75, 3.05) is 11.9 Å². The first-order valence-corrected chi connectivity index (χ1v) is 8.56. The lowest BCUT2D eigenvalue weighted by molar-refractivity contribution is 0.0519. The molecule has 0 fully saturated rings. The van der Waals surface area contributed by atoms with Crippen molar-refractivity contribution < 1.29 is 28.0 Å². The average Bonchev–Trinajstić information content (AvgIpc) is 3.27. The SMILES string of the molecule is CCOC(=O)c1coc(NC(=O)c2ccc(OCc3c(C)noc3C)cc2)n1. The summed E-state index contributed by atoms with van der Waals surface area (Å²) in [6, 6.07) is 6.46. The number of hydrogen-bond donors (Lipinski definition) is 1. The minimum atomic E-state index is -0.619. The molecule has 0 atom stereocenters. The highest BCUT2D eigenvalue weighted by Gasteiger charge is 2.16. The first kappa shape index (κ1) is 19.2. The van der Waals surface area contributed by atoms with E-state index in [0.29, 0.717) is 23.7 Å². The summed E-state index contributed by atoms with van der Waals surface area (Å²) < 4.78 is 20.7. The monoisotopic (exact) mass is 385 g/mol. The number of benzene rings is 1. The van der Waals surface area contributed by atoms with Gasteiger partial charge in [0.1, 0.15) is 24.4 Å². The van der Waals surface area contributed by atoms with Gasteiger partial charge in [0.15, 0.2) is 5.69 Å². The summed E-state index contributed by atoms with van der Waals surface area (Å²) in [6.07, 6.45) is 1.12. The zero-order valence-electron chi connectivity index (χ0n) is 15.6. The molecule has 0 aliphatic rings. The Balaban J connectivity index is 1.58. The number of rotatable bonds is 7. The Kier molecular flexibility index (Phi) is 5.73. The minimum absolute atomic E-state index is 0.0137. The molecule has 0 radical (unpaired) electrons. The number of anilines is 1. The van der Waals surface area contributed by atoms with Crippen LogP contribution in [0.4, 0.5) is 6.01 Å². The Morgan fingerprint density at radius 3 is 2.57 bits per heavy atom.